The fraction of sp³-hybridized carbons (Fsp3) is 0. The predicted octanol–water partition coefficient (Wildman–Crippen LogP) is 13.9. The van der Waals surface area contributed by atoms with E-state index in [4.69, 9.17) is 4.98 Å². The number of para-hydroxylation sites is 1. The Morgan fingerprint density at radius 3 is 1.73 bits per heavy atom. The molecule has 0 N–H and O–H groups in total. The predicted molar refractivity (Wildman–Crippen MR) is 223 cm³/mol. The van der Waals surface area contributed by atoms with E-state index in [0.29, 0.717) is 0 Å². The molecule has 0 atom stereocenters. The number of thiophene rings is 1. The largest absolute Gasteiger partial charge is 0.309 e. The molecule has 0 saturated heterocycles. The van der Waals surface area contributed by atoms with Crippen LogP contribution >= 0.6 is 11.3 Å². The summed E-state index contributed by atoms with van der Waals surface area (Å²) >= 11 is 1.91. The number of benzene rings is 8. The molecule has 242 valence electrons. The summed E-state index contributed by atoms with van der Waals surface area (Å²) < 4.78 is 5.11. The SMILES string of the molecule is c1ccc(-c2cc(-c3cccc4c3sc3c4ccc4c3c3ccccc3n4-c3cc4ccccc4c4ccccc34)cc(-c3ccccc3)n2)cc1. The molecule has 11 rings (SSSR count). The van der Waals surface area contributed by atoms with Crippen molar-refractivity contribution in [3.05, 3.63) is 182 Å². The summed E-state index contributed by atoms with van der Waals surface area (Å²) in [6, 6.07) is 65.9. The Bertz CT molecular complexity index is 3110. The molecule has 11 aromatic rings. The zero-order chi connectivity index (χ0) is 34.2. The standard InChI is InChI=1S/C49H30N2S/c1-3-14-31(15-4-1)42-28-34(29-43(50-42)32-16-5-2-6-17-32)36-23-13-24-39-40-26-27-45-47(49(40)52-48(36)39)41-22-11-12-25-44(41)51(45)46-30-33-18-7-8-19-35(33)37-20-9-10-21-38(37)46/h1-30H. The van der Waals surface area contributed by atoms with Crippen molar-refractivity contribution < 1.29 is 0 Å². The molecule has 0 unspecified atom stereocenters. The van der Waals surface area contributed by atoms with Gasteiger partial charge in [0.05, 0.1) is 28.1 Å². The van der Waals surface area contributed by atoms with Crippen molar-refractivity contribution in [3.63, 3.8) is 0 Å². The second-order valence-corrected chi connectivity index (χ2v) is 14.5. The Balaban J connectivity index is 1.20. The van der Waals surface area contributed by atoms with Gasteiger partial charge in [0, 0.05) is 47.5 Å². The molecular weight excluding hydrogens is 649 g/mol. The minimum absolute atomic E-state index is 0.975. The summed E-state index contributed by atoms with van der Waals surface area (Å²) in [6.07, 6.45) is 0. The second kappa shape index (κ2) is 11.5. The van der Waals surface area contributed by atoms with E-state index in [1.807, 2.05) is 11.3 Å². The normalized spacial score (nSPS) is 11.8. The van der Waals surface area contributed by atoms with Crippen molar-refractivity contribution in [3.8, 4) is 39.3 Å². The van der Waals surface area contributed by atoms with E-state index in [1.54, 1.807) is 0 Å². The second-order valence-electron chi connectivity index (χ2n) is 13.5. The summed E-state index contributed by atoms with van der Waals surface area (Å²) in [7, 11) is 0. The smallest absolute Gasteiger partial charge is 0.0715 e. The number of aromatic nitrogens is 2. The number of fused-ring (bicyclic) bond motifs is 10. The van der Waals surface area contributed by atoms with Crippen molar-refractivity contribution in [1.82, 2.24) is 9.55 Å². The molecule has 0 fully saturated rings. The minimum Gasteiger partial charge on any atom is -0.309 e. The van der Waals surface area contributed by atoms with Gasteiger partial charge in [0.1, 0.15) is 0 Å². The Labute approximate surface area is 304 Å². The van der Waals surface area contributed by atoms with Gasteiger partial charge in [-0.05, 0) is 57.6 Å². The van der Waals surface area contributed by atoms with Crippen LogP contribution in [-0.4, -0.2) is 9.55 Å². The lowest BCUT2D eigenvalue weighted by atomic mass is 9.98. The molecule has 3 heterocycles. The number of pyridine rings is 1. The molecule has 0 aliphatic carbocycles. The van der Waals surface area contributed by atoms with E-state index in [0.717, 1.165) is 22.5 Å². The third-order valence-electron chi connectivity index (χ3n) is 10.6. The van der Waals surface area contributed by atoms with Crippen molar-refractivity contribution in [2.45, 2.75) is 0 Å². The summed E-state index contributed by atoms with van der Waals surface area (Å²) in [5, 5.41) is 10.2. The number of hydrogen-bond acceptors (Lipinski definition) is 2. The third-order valence-corrected chi connectivity index (χ3v) is 11.8. The van der Waals surface area contributed by atoms with Crippen molar-refractivity contribution in [2.75, 3.05) is 0 Å². The Hall–Kier alpha value is -6.55. The first-order valence-electron chi connectivity index (χ1n) is 17.7. The highest BCUT2D eigenvalue weighted by Crippen LogP contribution is 2.47. The van der Waals surface area contributed by atoms with Gasteiger partial charge in [-0.25, -0.2) is 4.98 Å². The van der Waals surface area contributed by atoms with E-state index in [2.05, 4.69) is 187 Å². The molecule has 8 aromatic carbocycles. The monoisotopic (exact) mass is 678 g/mol. The van der Waals surface area contributed by atoms with E-state index in [1.165, 1.54) is 80.3 Å². The van der Waals surface area contributed by atoms with Crippen molar-refractivity contribution in [1.29, 1.82) is 0 Å². The molecule has 0 radical (unpaired) electrons. The van der Waals surface area contributed by atoms with Crippen LogP contribution in [0, 0.1) is 0 Å². The third kappa shape index (κ3) is 4.40. The summed E-state index contributed by atoms with van der Waals surface area (Å²) in [5.74, 6) is 0. The average molecular weight is 679 g/mol. The quantitative estimate of drug-likeness (QED) is 0.169. The maximum atomic E-state index is 5.17. The van der Waals surface area contributed by atoms with Crippen LogP contribution in [0.25, 0.3) is 103 Å². The minimum atomic E-state index is 0.975. The van der Waals surface area contributed by atoms with E-state index < -0.39 is 0 Å². The molecule has 0 amide bonds. The maximum absolute atomic E-state index is 5.17. The van der Waals surface area contributed by atoms with Gasteiger partial charge in [-0.1, -0.05) is 152 Å². The molecule has 3 aromatic heterocycles. The number of nitrogens with zero attached hydrogens (tertiary/aromatic N) is 2. The van der Waals surface area contributed by atoms with E-state index >= 15 is 0 Å². The van der Waals surface area contributed by atoms with Gasteiger partial charge < -0.3 is 4.57 Å². The first-order valence-corrected chi connectivity index (χ1v) is 18.5. The molecule has 2 nitrogen and oxygen atoms in total. The molecule has 0 aliphatic heterocycles. The molecule has 0 saturated carbocycles. The van der Waals surface area contributed by atoms with Gasteiger partial charge in [-0.3, -0.25) is 0 Å². The highest BCUT2D eigenvalue weighted by atomic mass is 32.1. The maximum Gasteiger partial charge on any atom is 0.0715 e. The van der Waals surface area contributed by atoms with Crippen LogP contribution in [0.4, 0.5) is 0 Å². The van der Waals surface area contributed by atoms with Crippen LogP contribution in [0.15, 0.2) is 182 Å². The Morgan fingerprint density at radius 1 is 0.385 bits per heavy atom. The van der Waals surface area contributed by atoms with Crippen LogP contribution < -0.4 is 0 Å². The summed E-state index contributed by atoms with van der Waals surface area (Å²) in [5.41, 5.74) is 10.2. The molecule has 0 bridgehead atoms. The zero-order valence-electron chi connectivity index (χ0n) is 28.1. The zero-order valence-corrected chi connectivity index (χ0v) is 28.9. The average Bonchev–Trinajstić information content (AvgIpc) is 3.77. The van der Waals surface area contributed by atoms with Crippen LogP contribution in [0.3, 0.4) is 0 Å². The number of hydrogen-bond donors (Lipinski definition) is 0. The molecule has 3 heteroatoms. The molecule has 52 heavy (non-hydrogen) atoms. The first-order chi connectivity index (χ1) is 25.8. The lowest BCUT2D eigenvalue weighted by molar-refractivity contribution is 1.20. The fourth-order valence-electron chi connectivity index (χ4n) is 8.21. The van der Waals surface area contributed by atoms with E-state index in [-0.39, 0.29) is 0 Å². The van der Waals surface area contributed by atoms with E-state index in [9.17, 15) is 0 Å². The van der Waals surface area contributed by atoms with Crippen LogP contribution in [0.2, 0.25) is 0 Å². The fourth-order valence-corrected chi connectivity index (χ4v) is 9.61. The van der Waals surface area contributed by atoms with Crippen molar-refractivity contribution >= 4 is 74.9 Å². The van der Waals surface area contributed by atoms with Gasteiger partial charge >= 0.3 is 0 Å². The summed E-state index contributed by atoms with van der Waals surface area (Å²) in [6.45, 7) is 0. The molecular formula is C49H30N2S. The molecule has 0 aliphatic rings. The lowest BCUT2D eigenvalue weighted by Crippen LogP contribution is -1.96. The van der Waals surface area contributed by atoms with Crippen LogP contribution in [-0.2, 0) is 0 Å². The summed E-state index contributed by atoms with van der Waals surface area (Å²) in [4.78, 5) is 5.17. The molecule has 0 spiro atoms. The first kappa shape index (κ1) is 29.2. The van der Waals surface area contributed by atoms with Gasteiger partial charge in [-0.15, -0.1) is 11.3 Å². The van der Waals surface area contributed by atoms with Gasteiger partial charge in [0.2, 0.25) is 0 Å². The topological polar surface area (TPSA) is 17.8 Å². The Morgan fingerprint density at radius 2 is 0.981 bits per heavy atom. The van der Waals surface area contributed by atoms with Gasteiger partial charge in [-0.2, -0.15) is 0 Å². The highest BCUT2D eigenvalue weighted by molar-refractivity contribution is 7.27. The highest BCUT2D eigenvalue weighted by Gasteiger charge is 2.21. The van der Waals surface area contributed by atoms with Crippen LogP contribution in [0.5, 0.6) is 0 Å². The lowest BCUT2D eigenvalue weighted by Gasteiger charge is -2.14. The number of rotatable bonds is 4. The van der Waals surface area contributed by atoms with Crippen LogP contribution in [0.1, 0.15) is 0 Å². The van der Waals surface area contributed by atoms with Crippen molar-refractivity contribution in [2.24, 2.45) is 0 Å². The Kier molecular flexibility index (Phi) is 6.46. The van der Waals surface area contributed by atoms with Gasteiger partial charge in [0.25, 0.3) is 0 Å². The van der Waals surface area contributed by atoms with Gasteiger partial charge in [0.15, 0.2) is 0 Å².